The first-order valence-electron chi connectivity index (χ1n) is 5.61. The molecule has 0 bridgehead atoms. The van der Waals surface area contributed by atoms with Gasteiger partial charge in [0.2, 0.25) is 10.0 Å². The summed E-state index contributed by atoms with van der Waals surface area (Å²) in [6.45, 7) is 0.476. The lowest BCUT2D eigenvalue weighted by Crippen LogP contribution is -2.25. The van der Waals surface area contributed by atoms with Gasteiger partial charge < -0.3 is 0 Å². The molecule has 1 aliphatic carbocycles. The molecule has 0 atom stereocenters. The summed E-state index contributed by atoms with van der Waals surface area (Å²) in [5.41, 5.74) is 0.357. The summed E-state index contributed by atoms with van der Waals surface area (Å²) < 4.78 is 26.3. The van der Waals surface area contributed by atoms with Gasteiger partial charge in [0.05, 0.1) is 16.5 Å². The molecular weight excluding hydrogens is 236 g/mol. The highest BCUT2D eigenvalue weighted by Gasteiger charge is 2.22. The molecule has 4 nitrogen and oxygen atoms in total. The predicted molar refractivity (Wildman–Crippen MR) is 63.7 cm³/mol. The normalized spacial score (nSPS) is 15.5. The summed E-state index contributed by atoms with van der Waals surface area (Å²) in [6, 6.07) is 7.98. The molecule has 1 fully saturated rings. The van der Waals surface area contributed by atoms with Gasteiger partial charge in [-0.2, -0.15) is 5.26 Å². The van der Waals surface area contributed by atoms with Gasteiger partial charge in [0, 0.05) is 6.54 Å². The summed E-state index contributed by atoms with van der Waals surface area (Å²) in [5, 5.41) is 8.72. The average molecular weight is 250 g/mol. The Kier molecular flexibility index (Phi) is 3.46. The van der Waals surface area contributed by atoms with Crippen molar-refractivity contribution in [3.63, 3.8) is 0 Å². The predicted octanol–water partition coefficient (Wildman–Crippen LogP) is 1.64. The smallest absolute Gasteiger partial charge is 0.211 e. The molecule has 0 heterocycles. The molecular formula is C12H14N2O2S. The zero-order valence-corrected chi connectivity index (χ0v) is 10.2. The van der Waals surface area contributed by atoms with Crippen LogP contribution in [0.5, 0.6) is 0 Å². The van der Waals surface area contributed by atoms with E-state index >= 15 is 0 Å². The van der Waals surface area contributed by atoms with Gasteiger partial charge in [0.25, 0.3) is 0 Å². The molecule has 0 spiro atoms. The lowest BCUT2D eigenvalue weighted by molar-refractivity contribution is 0.575. The highest BCUT2D eigenvalue weighted by Crippen LogP contribution is 2.31. The van der Waals surface area contributed by atoms with Gasteiger partial charge in [0.1, 0.15) is 0 Å². The fourth-order valence-electron chi connectivity index (χ4n) is 1.62. The van der Waals surface area contributed by atoms with Crippen molar-refractivity contribution in [2.24, 2.45) is 5.92 Å². The van der Waals surface area contributed by atoms with Gasteiger partial charge in [-0.3, -0.25) is 0 Å². The van der Waals surface area contributed by atoms with Gasteiger partial charge in [0.15, 0.2) is 0 Å². The molecule has 1 saturated carbocycles. The van der Waals surface area contributed by atoms with Gasteiger partial charge in [-0.1, -0.05) is 18.9 Å². The Bertz CT molecular complexity index is 542. The van der Waals surface area contributed by atoms with E-state index in [9.17, 15) is 8.42 Å². The molecule has 1 aromatic carbocycles. The van der Waals surface area contributed by atoms with Crippen LogP contribution in [0, 0.1) is 17.2 Å². The Balaban J connectivity index is 2.04. The first-order chi connectivity index (χ1) is 8.12. The lowest BCUT2D eigenvalue weighted by atomic mass is 10.2. The summed E-state index contributed by atoms with van der Waals surface area (Å²) in [7, 11) is -3.46. The molecule has 17 heavy (non-hydrogen) atoms. The van der Waals surface area contributed by atoms with Crippen LogP contribution in [0.25, 0.3) is 0 Å². The summed E-state index contributed by atoms with van der Waals surface area (Å²) in [4.78, 5) is 0.160. The van der Waals surface area contributed by atoms with E-state index in [4.69, 9.17) is 5.26 Å². The summed E-state index contributed by atoms with van der Waals surface area (Å²) >= 11 is 0. The molecule has 0 amide bonds. The maximum Gasteiger partial charge on any atom is 0.240 e. The summed E-state index contributed by atoms with van der Waals surface area (Å²) in [5.74, 6) is 0.697. The SMILES string of the molecule is N#Cc1cccc(S(=O)(=O)NCCC2CC2)c1. The van der Waals surface area contributed by atoms with Crippen molar-refractivity contribution in [1.29, 1.82) is 5.26 Å². The Morgan fingerprint density at radius 2 is 2.18 bits per heavy atom. The molecule has 90 valence electrons. The second-order valence-corrected chi connectivity index (χ2v) is 6.04. The molecule has 0 aliphatic heterocycles. The van der Waals surface area contributed by atoms with Gasteiger partial charge in [-0.05, 0) is 30.5 Å². The van der Waals surface area contributed by atoms with Crippen molar-refractivity contribution in [1.82, 2.24) is 4.72 Å². The van der Waals surface area contributed by atoms with Crippen molar-refractivity contribution >= 4 is 10.0 Å². The number of nitrogens with zero attached hydrogens (tertiary/aromatic N) is 1. The zero-order chi connectivity index (χ0) is 12.3. The minimum Gasteiger partial charge on any atom is -0.211 e. The maximum atomic E-state index is 11.9. The molecule has 0 radical (unpaired) electrons. The van der Waals surface area contributed by atoms with Crippen molar-refractivity contribution < 1.29 is 8.42 Å². The average Bonchev–Trinajstić information content (AvgIpc) is 3.13. The van der Waals surface area contributed by atoms with Crippen molar-refractivity contribution in [3.8, 4) is 6.07 Å². The van der Waals surface area contributed by atoms with Gasteiger partial charge in [-0.25, -0.2) is 13.1 Å². The van der Waals surface area contributed by atoms with Gasteiger partial charge >= 0.3 is 0 Å². The number of nitrogens with one attached hydrogen (secondary N) is 1. The molecule has 0 unspecified atom stereocenters. The van der Waals surface area contributed by atoms with E-state index in [1.807, 2.05) is 6.07 Å². The number of hydrogen-bond acceptors (Lipinski definition) is 3. The second-order valence-electron chi connectivity index (χ2n) is 4.27. The van der Waals surface area contributed by atoms with Crippen LogP contribution in [-0.4, -0.2) is 15.0 Å². The van der Waals surface area contributed by atoms with E-state index in [0.717, 1.165) is 6.42 Å². The minimum absolute atomic E-state index is 0.160. The van der Waals surface area contributed by atoms with E-state index in [2.05, 4.69) is 4.72 Å². The molecule has 1 aliphatic rings. The minimum atomic E-state index is -3.46. The standard InChI is InChI=1S/C12H14N2O2S/c13-9-11-2-1-3-12(8-11)17(15,16)14-7-6-10-4-5-10/h1-3,8,10,14H,4-7H2. The van der Waals surface area contributed by atoms with E-state index in [1.54, 1.807) is 12.1 Å². The Labute approximate surface area is 101 Å². The first-order valence-corrected chi connectivity index (χ1v) is 7.10. The lowest BCUT2D eigenvalue weighted by Gasteiger charge is -2.06. The number of benzene rings is 1. The molecule has 1 N–H and O–H groups in total. The fourth-order valence-corrected chi connectivity index (χ4v) is 2.71. The van der Waals surface area contributed by atoms with Crippen LogP contribution in [0.15, 0.2) is 29.2 Å². The van der Waals surface area contributed by atoms with Crippen molar-refractivity contribution in [2.75, 3.05) is 6.54 Å². The van der Waals surface area contributed by atoms with E-state index in [1.165, 1.54) is 25.0 Å². The monoisotopic (exact) mass is 250 g/mol. The number of nitriles is 1. The van der Waals surface area contributed by atoms with Crippen LogP contribution in [0.2, 0.25) is 0 Å². The number of hydrogen-bond donors (Lipinski definition) is 1. The zero-order valence-electron chi connectivity index (χ0n) is 9.39. The largest absolute Gasteiger partial charge is 0.240 e. The third-order valence-electron chi connectivity index (χ3n) is 2.82. The highest BCUT2D eigenvalue weighted by atomic mass is 32.2. The van der Waals surface area contributed by atoms with E-state index in [0.29, 0.717) is 18.0 Å². The third kappa shape index (κ3) is 3.29. The molecule has 1 aromatic rings. The van der Waals surface area contributed by atoms with Crippen molar-refractivity contribution in [3.05, 3.63) is 29.8 Å². The molecule has 5 heteroatoms. The van der Waals surface area contributed by atoms with Crippen LogP contribution < -0.4 is 4.72 Å². The van der Waals surface area contributed by atoms with E-state index < -0.39 is 10.0 Å². The quantitative estimate of drug-likeness (QED) is 0.863. The van der Waals surface area contributed by atoms with Crippen LogP contribution in [0.3, 0.4) is 0 Å². The van der Waals surface area contributed by atoms with Crippen LogP contribution in [0.4, 0.5) is 0 Å². The summed E-state index contributed by atoms with van der Waals surface area (Å²) in [6.07, 6.45) is 3.33. The Morgan fingerprint density at radius 3 is 2.82 bits per heavy atom. The topological polar surface area (TPSA) is 70.0 Å². The molecule has 2 rings (SSSR count). The Morgan fingerprint density at radius 1 is 1.41 bits per heavy atom. The molecule has 0 saturated heterocycles. The van der Waals surface area contributed by atoms with E-state index in [-0.39, 0.29) is 4.90 Å². The van der Waals surface area contributed by atoms with Crippen LogP contribution >= 0.6 is 0 Å². The number of sulfonamides is 1. The van der Waals surface area contributed by atoms with Crippen LogP contribution in [0.1, 0.15) is 24.8 Å². The highest BCUT2D eigenvalue weighted by molar-refractivity contribution is 7.89. The maximum absolute atomic E-state index is 11.9. The fraction of sp³-hybridized carbons (Fsp3) is 0.417. The molecule has 0 aromatic heterocycles. The van der Waals surface area contributed by atoms with Crippen LogP contribution in [-0.2, 0) is 10.0 Å². The first kappa shape index (κ1) is 12.1. The second kappa shape index (κ2) is 4.86. The van der Waals surface area contributed by atoms with Crippen molar-refractivity contribution in [2.45, 2.75) is 24.2 Å². The number of rotatable bonds is 5. The van der Waals surface area contributed by atoms with Gasteiger partial charge in [-0.15, -0.1) is 0 Å². The third-order valence-corrected chi connectivity index (χ3v) is 4.27. The Hall–Kier alpha value is -1.38.